The Kier molecular flexibility index (Phi) is 5.30. The van der Waals surface area contributed by atoms with E-state index in [1.165, 1.54) is 0 Å². The van der Waals surface area contributed by atoms with E-state index in [2.05, 4.69) is 10.1 Å². The van der Waals surface area contributed by atoms with Crippen LogP contribution in [0.25, 0.3) is 11.4 Å². The van der Waals surface area contributed by atoms with Gasteiger partial charge in [0, 0.05) is 13.7 Å². The molecule has 6 heteroatoms. The summed E-state index contributed by atoms with van der Waals surface area (Å²) in [5.74, 6) is 1.64. The molecule has 2 N–H and O–H groups in total. The molecule has 0 amide bonds. The number of methoxy groups -OCH3 is 2. The van der Waals surface area contributed by atoms with Crippen LogP contribution in [0.2, 0.25) is 0 Å². The van der Waals surface area contributed by atoms with Crippen molar-refractivity contribution in [2.24, 2.45) is 5.73 Å². The average molecular weight is 291 g/mol. The quantitative estimate of drug-likeness (QED) is 0.789. The van der Waals surface area contributed by atoms with Gasteiger partial charge in [-0.1, -0.05) is 11.2 Å². The molecule has 2 aromatic rings. The van der Waals surface area contributed by atoms with Crippen molar-refractivity contribution in [3.8, 4) is 17.1 Å². The SMILES string of the molecule is COCCCC(N)c1nc(-c2ccc(C)cc2OC)no1. The molecule has 2 rings (SSSR count). The minimum Gasteiger partial charge on any atom is -0.496 e. The predicted molar refractivity (Wildman–Crippen MR) is 79.1 cm³/mol. The van der Waals surface area contributed by atoms with E-state index in [-0.39, 0.29) is 6.04 Å². The minimum absolute atomic E-state index is 0.280. The van der Waals surface area contributed by atoms with E-state index in [1.807, 2.05) is 25.1 Å². The third kappa shape index (κ3) is 3.80. The maximum Gasteiger partial charge on any atom is 0.243 e. The standard InChI is InChI=1S/C15H21N3O3/c1-10-6-7-11(13(9-10)20-3)14-17-15(21-18-14)12(16)5-4-8-19-2/h6-7,9,12H,4-5,8,16H2,1-3H3. The molecule has 1 aromatic heterocycles. The highest BCUT2D eigenvalue weighted by atomic mass is 16.5. The third-order valence-electron chi connectivity index (χ3n) is 3.22. The fourth-order valence-corrected chi connectivity index (χ4v) is 2.05. The first-order chi connectivity index (χ1) is 10.2. The number of rotatable bonds is 7. The van der Waals surface area contributed by atoms with Crippen LogP contribution in [-0.2, 0) is 4.74 Å². The van der Waals surface area contributed by atoms with Crippen LogP contribution in [-0.4, -0.2) is 31.0 Å². The Labute approximate surface area is 124 Å². The predicted octanol–water partition coefficient (Wildman–Crippen LogP) is 2.48. The van der Waals surface area contributed by atoms with Crippen molar-refractivity contribution in [2.45, 2.75) is 25.8 Å². The smallest absolute Gasteiger partial charge is 0.243 e. The van der Waals surface area contributed by atoms with E-state index in [4.69, 9.17) is 19.7 Å². The fraction of sp³-hybridized carbons (Fsp3) is 0.467. The van der Waals surface area contributed by atoms with Crippen LogP contribution in [0.3, 0.4) is 0 Å². The summed E-state index contributed by atoms with van der Waals surface area (Å²) >= 11 is 0. The number of ether oxygens (including phenoxy) is 2. The molecule has 1 aromatic carbocycles. The van der Waals surface area contributed by atoms with Crippen molar-refractivity contribution in [2.75, 3.05) is 20.8 Å². The van der Waals surface area contributed by atoms with Gasteiger partial charge in [-0.3, -0.25) is 0 Å². The second-order valence-electron chi connectivity index (χ2n) is 4.90. The lowest BCUT2D eigenvalue weighted by atomic mass is 10.1. The molecule has 114 valence electrons. The maximum absolute atomic E-state index is 6.04. The van der Waals surface area contributed by atoms with Crippen LogP contribution in [0.15, 0.2) is 22.7 Å². The van der Waals surface area contributed by atoms with Crippen molar-refractivity contribution < 1.29 is 14.0 Å². The van der Waals surface area contributed by atoms with Gasteiger partial charge in [0.15, 0.2) is 0 Å². The largest absolute Gasteiger partial charge is 0.496 e. The molecule has 0 aliphatic carbocycles. The normalized spacial score (nSPS) is 12.4. The van der Waals surface area contributed by atoms with Crippen LogP contribution in [0.5, 0.6) is 5.75 Å². The number of hydrogen-bond donors (Lipinski definition) is 1. The molecule has 0 radical (unpaired) electrons. The van der Waals surface area contributed by atoms with Gasteiger partial charge in [0.05, 0.1) is 18.7 Å². The lowest BCUT2D eigenvalue weighted by molar-refractivity contribution is 0.188. The highest BCUT2D eigenvalue weighted by Gasteiger charge is 2.17. The summed E-state index contributed by atoms with van der Waals surface area (Å²) in [6.07, 6.45) is 1.59. The molecule has 0 saturated heterocycles. The molecule has 0 spiro atoms. The van der Waals surface area contributed by atoms with Crippen LogP contribution in [0, 0.1) is 6.92 Å². The zero-order valence-corrected chi connectivity index (χ0v) is 12.6. The molecule has 1 atom stereocenters. The number of nitrogens with two attached hydrogens (primary N) is 1. The Bertz CT molecular complexity index is 583. The second kappa shape index (κ2) is 7.19. The van der Waals surface area contributed by atoms with Gasteiger partial charge in [-0.2, -0.15) is 4.98 Å². The molecule has 6 nitrogen and oxygen atoms in total. The van der Waals surface area contributed by atoms with E-state index in [1.54, 1.807) is 14.2 Å². The molecular formula is C15H21N3O3. The van der Waals surface area contributed by atoms with Crippen molar-refractivity contribution in [1.82, 2.24) is 10.1 Å². The zero-order chi connectivity index (χ0) is 15.2. The van der Waals surface area contributed by atoms with Crippen LogP contribution < -0.4 is 10.5 Å². The van der Waals surface area contributed by atoms with Crippen LogP contribution in [0.1, 0.15) is 30.3 Å². The minimum atomic E-state index is -0.280. The van der Waals surface area contributed by atoms with Gasteiger partial charge >= 0.3 is 0 Å². The Morgan fingerprint density at radius 3 is 2.86 bits per heavy atom. The molecular weight excluding hydrogens is 270 g/mol. The molecule has 0 saturated carbocycles. The van der Waals surface area contributed by atoms with Gasteiger partial charge in [0.25, 0.3) is 0 Å². The highest BCUT2D eigenvalue weighted by Crippen LogP contribution is 2.29. The Balaban J connectivity index is 2.16. The fourth-order valence-electron chi connectivity index (χ4n) is 2.05. The molecule has 1 unspecified atom stereocenters. The van der Waals surface area contributed by atoms with Crippen LogP contribution in [0.4, 0.5) is 0 Å². The van der Waals surface area contributed by atoms with Gasteiger partial charge in [-0.15, -0.1) is 0 Å². The van der Waals surface area contributed by atoms with Gasteiger partial charge in [0.2, 0.25) is 11.7 Å². The molecule has 1 heterocycles. The summed E-state index contributed by atoms with van der Waals surface area (Å²) in [7, 11) is 3.29. The number of benzene rings is 1. The third-order valence-corrected chi connectivity index (χ3v) is 3.22. The topological polar surface area (TPSA) is 83.4 Å². The van der Waals surface area contributed by atoms with E-state index < -0.39 is 0 Å². The Hall–Kier alpha value is -1.92. The van der Waals surface area contributed by atoms with E-state index in [0.717, 1.165) is 29.7 Å². The van der Waals surface area contributed by atoms with Crippen molar-refractivity contribution in [3.63, 3.8) is 0 Å². The maximum atomic E-state index is 6.04. The van der Waals surface area contributed by atoms with Gasteiger partial charge < -0.3 is 19.7 Å². The lowest BCUT2D eigenvalue weighted by Crippen LogP contribution is -2.11. The number of nitrogens with zero attached hydrogens (tertiary/aromatic N) is 2. The first-order valence-electron chi connectivity index (χ1n) is 6.89. The second-order valence-corrected chi connectivity index (χ2v) is 4.90. The molecule has 0 aliphatic heterocycles. The van der Waals surface area contributed by atoms with Gasteiger partial charge in [-0.25, -0.2) is 0 Å². The first-order valence-corrected chi connectivity index (χ1v) is 6.89. The van der Waals surface area contributed by atoms with E-state index >= 15 is 0 Å². The lowest BCUT2D eigenvalue weighted by Gasteiger charge is -2.06. The summed E-state index contributed by atoms with van der Waals surface area (Å²) in [6.45, 7) is 2.67. The van der Waals surface area contributed by atoms with Crippen molar-refractivity contribution >= 4 is 0 Å². The summed E-state index contributed by atoms with van der Waals surface area (Å²) < 4.78 is 15.6. The summed E-state index contributed by atoms with van der Waals surface area (Å²) in [4.78, 5) is 4.37. The van der Waals surface area contributed by atoms with Crippen molar-refractivity contribution in [1.29, 1.82) is 0 Å². The number of aryl methyl sites for hydroxylation is 1. The Morgan fingerprint density at radius 1 is 1.33 bits per heavy atom. The first kappa shape index (κ1) is 15.5. The van der Waals surface area contributed by atoms with Crippen molar-refractivity contribution in [3.05, 3.63) is 29.7 Å². The van der Waals surface area contributed by atoms with Crippen LogP contribution >= 0.6 is 0 Å². The monoisotopic (exact) mass is 291 g/mol. The van der Waals surface area contributed by atoms with E-state index in [0.29, 0.717) is 18.3 Å². The molecule has 0 bridgehead atoms. The molecule has 0 fully saturated rings. The summed E-state index contributed by atoms with van der Waals surface area (Å²) in [6, 6.07) is 5.55. The number of aromatic nitrogens is 2. The molecule has 21 heavy (non-hydrogen) atoms. The Morgan fingerprint density at radius 2 is 2.14 bits per heavy atom. The van der Waals surface area contributed by atoms with Gasteiger partial charge in [-0.05, 0) is 37.5 Å². The average Bonchev–Trinajstić information content (AvgIpc) is 2.97. The molecule has 0 aliphatic rings. The summed E-state index contributed by atoms with van der Waals surface area (Å²) in [5.41, 5.74) is 7.94. The van der Waals surface area contributed by atoms with E-state index in [9.17, 15) is 0 Å². The van der Waals surface area contributed by atoms with Gasteiger partial charge in [0.1, 0.15) is 5.75 Å². The zero-order valence-electron chi connectivity index (χ0n) is 12.6. The number of hydrogen-bond acceptors (Lipinski definition) is 6. The highest BCUT2D eigenvalue weighted by molar-refractivity contribution is 5.64. The summed E-state index contributed by atoms with van der Waals surface area (Å²) in [5, 5.41) is 4.00.